The lowest BCUT2D eigenvalue weighted by atomic mass is 10.2. The Morgan fingerprint density at radius 1 is 1.00 bits per heavy atom. The van der Waals surface area contributed by atoms with Crippen molar-refractivity contribution in [3.8, 4) is 11.5 Å². The highest BCUT2D eigenvalue weighted by Crippen LogP contribution is 2.32. The Hall–Kier alpha value is -3.02. The van der Waals surface area contributed by atoms with E-state index in [1.54, 1.807) is 18.5 Å². The van der Waals surface area contributed by atoms with E-state index in [1.807, 2.05) is 41.3 Å². The first-order valence-corrected chi connectivity index (χ1v) is 8.31. The van der Waals surface area contributed by atoms with Gasteiger partial charge in [0.2, 0.25) is 12.7 Å². The van der Waals surface area contributed by atoms with Crippen LogP contribution in [0.5, 0.6) is 11.5 Å². The summed E-state index contributed by atoms with van der Waals surface area (Å²) in [5, 5.41) is 0. The quantitative estimate of drug-likeness (QED) is 0.804. The topological polar surface area (TPSA) is 54.9 Å². The van der Waals surface area contributed by atoms with Crippen molar-refractivity contribution in [2.24, 2.45) is 0 Å². The molecule has 1 aromatic heterocycles. The minimum Gasteiger partial charge on any atom is -0.454 e. The number of pyridine rings is 1. The summed E-state index contributed by atoms with van der Waals surface area (Å²) in [6.45, 7) is 3.34. The van der Waals surface area contributed by atoms with Gasteiger partial charge in [0.15, 0.2) is 11.5 Å². The van der Waals surface area contributed by atoms with Gasteiger partial charge >= 0.3 is 0 Å². The number of fused-ring (bicyclic) bond motifs is 1. The van der Waals surface area contributed by atoms with Crippen molar-refractivity contribution in [1.82, 2.24) is 9.88 Å². The molecule has 1 fully saturated rings. The van der Waals surface area contributed by atoms with Gasteiger partial charge in [-0.2, -0.15) is 0 Å². The lowest BCUT2D eigenvalue weighted by Gasteiger charge is -2.35. The third kappa shape index (κ3) is 3.42. The Balaban J connectivity index is 1.34. The Kier molecular flexibility index (Phi) is 4.24. The first-order chi connectivity index (χ1) is 12.3. The van der Waals surface area contributed by atoms with Gasteiger partial charge < -0.3 is 19.3 Å². The van der Waals surface area contributed by atoms with Crippen LogP contribution in [0.4, 0.5) is 5.69 Å². The average Bonchev–Trinajstić information content (AvgIpc) is 3.15. The molecule has 6 heteroatoms. The largest absolute Gasteiger partial charge is 0.454 e. The van der Waals surface area contributed by atoms with E-state index < -0.39 is 0 Å². The normalized spacial score (nSPS) is 16.5. The molecular formula is C19H19N3O3. The van der Waals surface area contributed by atoms with Gasteiger partial charge in [0, 0.05) is 50.3 Å². The van der Waals surface area contributed by atoms with E-state index in [0.29, 0.717) is 13.1 Å². The van der Waals surface area contributed by atoms with Crippen LogP contribution in [0.2, 0.25) is 0 Å². The van der Waals surface area contributed by atoms with Gasteiger partial charge in [0.05, 0.1) is 0 Å². The van der Waals surface area contributed by atoms with Crippen LogP contribution >= 0.6 is 0 Å². The Morgan fingerprint density at radius 3 is 2.56 bits per heavy atom. The molecule has 0 unspecified atom stereocenters. The number of amides is 1. The molecule has 2 aliphatic heterocycles. The molecule has 6 nitrogen and oxygen atoms in total. The van der Waals surface area contributed by atoms with Gasteiger partial charge in [-0.25, -0.2) is 0 Å². The van der Waals surface area contributed by atoms with Gasteiger partial charge in [0.1, 0.15) is 0 Å². The highest BCUT2D eigenvalue weighted by molar-refractivity contribution is 5.92. The molecule has 1 amide bonds. The summed E-state index contributed by atoms with van der Waals surface area (Å²) in [5.41, 5.74) is 2.08. The summed E-state index contributed by atoms with van der Waals surface area (Å²) in [6.07, 6.45) is 7.03. The highest BCUT2D eigenvalue weighted by atomic mass is 16.7. The van der Waals surface area contributed by atoms with E-state index >= 15 is 0 Å². The number of ether oxygens (including phenoxy) is 2. The molecule has 2 aromatic rings. The maximum atomic E-state index is 12.4. The second-order valence-electron chi connectivity index (χ2n) is 5.96. The smallest absolute Gasteiger partial charge is 0.246 e. The van der Waals surface area contributed by atoms with Gasteiger partial charge in [-0.3, -0.25) is 9.78 Å². The molecule has 2 aliphatic rings. The summed E-state index contributed by atoms with van der Waals surface area (Å²) >= 11 is 0. The zero-order valence-electron chi connectivity index (χ0n) is 13.8. The van der Waals surface area contributed by atoms with E-state index in [9.17, 15) is 4.79 Å². The molecule has 0 bridgehead atoms. The Morgan fingerprint density at radius 2 is 1.76 bits per heavy atom. The molecule has 1 saturated heterocycles. The van der Waals surface area contributed by atoms with Crippen molar-refractivity contribution in [3.05, 3.63) is 54.4 Å². The van der Waals surface area contributed by atoms with E-state index in [4.69, 9.17) is 9.47 Å². The SMILES string of the molecule is O=C(/C=C/c1ccc2c(c1)OCO2)N1CCN(c2ccncc2)CC1. The fraction of sp³-hybridized carbons (Fsp3) is 0.263. The van der Waals surface area contributed by atoms with Crippen molar-refractivity contribution in [2.75, 3.05) is 37.9 Å². The van der Waals surface area contributed by atoms with Crippen molar-refractivity contribution in [3.63, 3.8) is 0 Å². The molecular weight excluding hydrogens is 318 g/mol. The van der Waals surface area contributed by atoms with Gasteiger partial charge in [-0.05, 0) is 35.9 Å². The Bertz CT molecular complexity index is 784. The molecule has 0 N–H and O–H groups in total. The van der Waals surface area contributed by atoms with Gasteiger partial charge in [0.25, 0.3) is 0 Å². The van der Waals surface area contributed by atoms with E-state index in [2.05, 4.69) is 9.88 Å². The number of carbonyl (C=O) groups excluding carboxylic acids is 1. The number of anilines is 1. The van der Waals surface area contributed by atoms with Crippen LogP contribution in [-0.2, 0) is 4.79 Å². The predicted octanol–water partition coefficient (Wildman–Crippen LogP) is 2.17. The number of aromatic nitrogens is 1. The first-order valence-electron chi connectivity index (χ1n) is 8.31. The van der Waals surface area contributed by atoms with Crippen molar-refractivity contribution >= 4 is 17.7 Å². The van der Waals surface area contributed by atoms with Crippen LogP contribution in [0.25, 0.3) is 6.08 Å². The lowest BCUT2D eigenvalue weighted by molar-refractivity contribution is -0.126. The number of nitrogens with zero attached hydrogens (tertiary/aromatic N) is 3. The average molecular weight is 337 g/mol. The lowest BCUT2D eigenvalue weighted by Crippen LogP contribution is -2.48. The predicted molar refractivity (Wildman–Crippen MR) is 94.6 cm³/mol. The molecule has 4 rings (SSSR count). The summed E-state index contributed by atoms with van der Waals surface area (Å²) in [5.74, 6) is 1.50. The second-order valence-corrected chi connectivity index (χ2v) is 5.96. The fourth-order valence-electron chi connectivity index (χ4n) is 3.03. The number of benzene rings is 1. The molecule has 25 heavy (non-hydrogen) atoms. The molecule has 3 heterocycles. The second kappa shape index (κ2) is 6.84. The molecule has 1 aromatic carbocycles. The third-order valence-corrected chi connectivity index (χ3v) is 4.43. The van der Waals surface area contributed by atoms with Gasteiger partial charge in [-0.15, -0.1) is 0 Å². The summed E-state index contributed by atoms with van der Waals surface area (Å²) in [7, 11) is 0. The van der Waals surface area contributed by atoms with Crippen LogP contribution in [-0.4, -0.2) is 48.8 Å². The molecule has 0 spiro atoms. The summed E-state index contributed by atoms with van der Waals surface area (Å²) in [6, 6.07) is 9.65. The van der Waals surface area contributed by atoms with Crippen molar-refractivity contribution in [1.29, 1.82) is 0 Å². The Labute approximate surface area is 146 Å². The van der Waals surface area contributed by atoms with Crippen LogP contribution in [0, 0.1) is 0 Å². The monoisotopic (exact) mass is 337 g/mol. The van der Waals surface area contributed by atoms with Crippen molar-refractivity contribution in [2.45, 2.75) is 0 Å². The van der Waals surface area contributed by atoms with E-state index in [1.165, 1.54) is 0 Å². The van der Waals surface area contributed by atoms with Crippen LogP contribution in [0.3, 0.4) is 0 Å². The number of hydrogen-bond donors (Lipinski definition) is 0. The van der Waals surface area contributed by atoms with Gasteiger partial charge in [-0.1, -0.05) is 6.07 Å². The van der Waals surface area contributed by atoms with E-state index in [0.717, 1.165) is 35.8 Å². The summed E-state index contributed by atoms with van der Waals surface area (Å²) in [4.78, 5) is 20.6. The summed E-state index contributed by atoms with van der Waals surface area (Å²) < 4.78 is 10.6. The van der Waals surface area contributed by atoms with Crippen LogP contribution < -0.4 is 14.4 Å². The molecule has 0 atom stereocenters. The minimum absolute atomic E-state index is 0.0343. The molecule has 0 aliphatic carbocycles. The maximum Gasteiger partial charge on any atom is 0.246 e. The standard InChI is InChI=1S/C19H19N3O3/c23-19(4-2-15-1-3-17-18(13-15)25-14-24-17)22-11-9-21(10-12-22)16-5-7-20-8-6-16/h1-8,13H,9-12,14H2/b4-2+. The molecule has 128 valence electrons. The van der Waals surface area contributed by atoms with Crippen LogP contribution in [0.15, 0.2) is 48.8 Å². The third-order valence-electron chi connectivity index (χ3n) is 4.43. The van der Waals surface area contributed by atoms with Crippen LogP contribution in [0.1, 0.15) is 5.56 Å². The molecule has 0 radical (unpaired) electrons. The van der Waals surface area contributed by atoms with Crippen molar-refractivity contribution < 1.29 is 14.3 Å². The first kappa shape index (κ1) is 15.5. The maximum absolute atomic E-state index is 12.4. The number of hydrogen-bond acceptors (Lipinski definition) is 5. The minimum atomic E-state index is 0.0343. The number of rotatable bonds is 3. The number of piperazine rings is 1. The zero-order valence-corrected chi connectivity index (χ0v) is 13.8. The molecule has 0 saturated carbocycles. The van der Waals surface area contributed by atoms with E-state index in [-0.39, 0.29) is 12.7 Å². The zero-order chi connectivity index (χ0) is 17.1. The fourth-order valence-corrected chi connectivity index (χ4v) is 3.03. The highest BCUT2D eigenvalue weighted by Gasteiger charge is 2.19. The number of carbonyl (C=O) groups is 1.